The molecule has 0 amide bonds. The summed E-state index contributed by atoms with van der Waals surface area (Å²) in [7, 11) is 0. The summed E-state index contributed by atoms with van der Waals surface area (Å²) < 4.78 is 43.7. The van der Waals surface area contributed by atoms with Crippen LogP contribution in [0.1, 0.15) is 12.0 Å². The summed E-state index contributed by atoms with van der Waals surface area (Å²) in [5, 5.41) is 9.03. The van der Waals surface area contributed by atoms with Gasteiger partial charge in [-0.15, -0.1) is 0 Å². The van der Waals surface area contributed by atoms with Crippen LogP contribution in [-0.4, -0.2) is 30.9 Å². The van der Waals surface area contributed by atoms with Crippen LogP contribution < -0.4 is 9.64 Å². The molecule has 2 aliphatic heterocycles. The molecule has 1 aromatic rings. The second-order valence-electron chi connectivity index (χ2n) is 5.38. The van der Waals surface area contributed by atoms with E-state index < -0.39 is 11.7 Å². The van der Waals surface area contributed by atoms with Gasteiger partial charge in [-0.25, -0.2) is 10.2 Å². The van der Waals surface area contributed by atoms with Crippen molar-refractivity contribution in [2.45, 2.75) is 31.3 Å². The Morgan fingerprint density at radius 1 is 1.48 bits per heavy atom. The highest BCUT2D eigenvalue weighted by molar-refractivity contribution is 6.67. The van der Waals surface area contributed by atoms with Gasteiger partial charge in [-0.05, 0) is 18.7 Å². The van der Waals surface area contributed by atoms with Crippen LogP contribution in [0.5, 0.6) is 5.75 Å². The number of pyridine rings is 1. The molecule has 1 unspecified atom stereocenters. The minimum atomic E-state index is -4.43. The molecule has 0 aromatic carbocycles. The molecule has 1 aromatic heterocycles. The topological polar surface area (TPSA) is 49.2 Å². The van der Waals surface area contributed by atoms with Crippen molar-refractivity contribution in [2.24, 2.45) is 0 Å². The average molecular weight is 295 g/mol. The van der Waals surface area contributed by atoms with Gasteiger partial charge in [0.2, 0.25) is 0 Å². The Morgan fingerprint density at radius 3 is 3.00 bits per heavy atom. The minimum Gasteiger partial charge on any atom is -0.490 e. The summed E-state index contributed by atoms with van der Waals surface area (Å²) >= 11 is 0. The zero-order valence-electron chi connectivity index (χ0n) is 11.2. The van der Waals surface area contributed by atoms with E-state index in [1.54, 1.807) is 0 Å². The molecule has 3 rings (SSSR count). The first-order chi connectivity index (χ1) is 9.99. The maximum atomic E-state index is 12.7. The summed E-state index contributed by atoms with van der Waals surface area (Å²) in [6.45, 7) is 0.967. The minimum absolute atomic E-state index is 0.00208. The number of hydrogen-bond donors (Lipinski definition) is 0. The third-order valence-corrected chi connectivity index (χ3v) is 4.04. The summed E-state index contributed by atoms with van der Waals surface area (Å²) in [4.78, 5) is 5.96. The largest absolute Gasteiger partial charge is 0.490 e. The van der Waals surface area contributed by atoms with Gasteiger partial charge in [-0.1, -0.05) is 0 Å². The van der Waals surface area contributed by atoms with Crippen molar-refractivity contribution in [3.63, 3.8) is 0 Å². The molecular formula is C13H13BF3N3O. The summed E-state index contributed by atoms with van der Waals surface area (Å²) in [6, 6.07) is 1.12. The van der Waals surface area contributed by atoms with Crippen LogP contribution in [0.3, 0.4) is 0 Å². The molecule has 21 heavy (non-hydrogen) atoms. The molecule has 110 valence electrons. The van der Waals surface area contributed by atoms with Gasteiger partial charge >= 0.3 is 6.18 Å². The fraction of sp³-hybridized carbons (Fsp3) is 0.538. The molecule has 0 bridgehead atoms. The third-order valence-electron chi connectivity index (χ3n) is 4.04. The Morgan fingerprint density at radius 2 is 2.29 bits per heavy atom. The molecule has 1 atom stereocenters. The van der Waals surface area contributed by atoms with E-state index in [2.05, 4.69) is 11.0 Å². The number of nitrogens with zero attached hydrogens (tertiary/aromatic N) is 3. The number of hydrogen-bond acceptors (Lipinski definition) is 4. The first kappa shape index (κ1) is 14.0. The van der Waals surface area contributed by atoms with Crippen LogP contribution in [-0.2, 0) is 6.18 Å². The fourth-order valence-electron chi connectivity index (χ4n) is 2.94. The Balaban J connectivity index is 1.93. The normalized spacial score (nSPS) is 21.7. The van der Waals surface area contributed by atoms with Gasteiger partial charge in [0.15, 0.2) is 11.6 Å². The number of halogens is 3. The molecule has 0 radical (unpaired) electrons. The van der Waals surface area contributed by atoms with Crippen molar-refractivity contribution in [1.29, 1.82) is 5.26 Å². The third kappa shape index (κ3) is 2.65. The number of fused-ring (bicyclic) bond motifs is 3. The number of nitriles is 1. The van der Waals surface area contributed by atoms with Gasteiger partial charge in [0.05, 0.1) is 12.2 Å². The van der Waals surface area contributed by atoms with Crippen molar-refractivity contribution < 1.29 is 17.9 Å². The Labute approximate surface area is 120 Å². The average Bonchev–Trinajstić information content (AvgIpc) is 2.64. The molecular weight excluding hydrogens is 282 g/mol. The van der Waals surface area contributed by atoms with Crippen molar-refractivity contribution in [2.75, 3.05) is 18.1 Å². The predicted molar refractivity (Wildman–Crippen MR) is 71.5 cm³/mol. The molecule has 0 N–H and O–H groups in total. The number of alkyl halides is 3. The monoisotopic (exact) mass is 295 g/mol. The van der Waals surface area contributed by atoms with Crippen LogP contribution in [0.2, 0.25) is 12.6 Å². The van der Waals surface area contributed by atoms with Crippen LogP contribution in [0.15, 0.2) is 12.3 Å². The van der Waals surface area contributed by atoms with E-state index in [9.17, 15) is 13.2 Å². The number of rotatable bonds is 0. The zero-order valence-corrected chi connectivity index (χ0v) is 11.2. The lowest BCUT2D eigenvalue weighted by atomic mass is 9.43. The van der Waals surface area contributed by atoms with E-state index >= 15 is 0 Å². The molecule has 4 nitrogen and oxygen atoms in total. The van der Waals surface area contributed by atoms with Gasteiger partial charge in [0, 0.05) is 31.2 Å². The smallest absolute Gasteiger partial charge is 0.418 e. The maximum absolute atomic E-state index is 12.7. The van der Waals surface area contributed by atoms with E-state index in [1.165, 1.54) is 0 Å². The van der Waals surface area contributed by atoms with Gasteiger partial charge in [-0.3, -0.25) is 0 Å². The van der Waals surface area contributed by atoms with Gasteiger partial charge in [0.1, 0.15) is 0 Å². The van der Waals surface area contributed by atoms with Gasteiger partial charge in [-0.2, -0.15) is 13.2 Å². The van der Waals surface area contributed by atoms with Crippen molar-refractivity contribution in [3.05, 3.63) is 17.8 Å². The summed E-state index contributed by atoms with van der Waals surface area (Å²) in [6.07, 6.45) is -1.47. The maximum Gasteiger partial charge on any atom is 0.418 e. The lowest BCUT2D eigenvalue weighted by molar-refractivity contribution is -0.137. The molecule has 1 saturated heterocycles. The van der Waals surface area contributed by atoms with Crippen molar-refractivity contribution >= 4 is 12.5 Å². The lowest BCUT2D eigenvalue weighted by Crippen LogP contribution is -2.45. The number of ether oxygens (including phenoxy) is 1. The SMILES string of the molecule is N#CB1CCN2c3ncc(C(F)(F)F)cc3OCCC2C1. The molecule has 0 saturated carbocycles. The second-order valence-corrected chi connectivity index (χ2v) is 5.38. The van der Waals surface area contributed by atoms with Crippen molar-refractivity contribution in [3.8, 4) is 11.7 Å². The zero-order chi connectivity index (χ0) is 15.0. The van der Waals surface area contributed by atoms with E-state index in [1.807, 2.05) is 4.90 Å². The van der Waals surface area contributed by atoms with E-state index in [0.29, 0.717) is 38.0 Å². The highest BCUT2D eigenvalue weighted by Gasteiger charge is 2.37. The first-order valence-electron chi connectivity index (χ1n) is 6.85. The van der Waals surface area contributed by atoms with Crippen molar-refractivity contribution in [1.82, 2.24) is 4.98 Å². The van der Waals surface area contributed by atoms with Crippen LogP contribution in [0.4, 0.5) is 19.0 Å². The highest BCUT2D eigenvalue weighted by Crippen LogP contribution is 2.39. The molecule has 3 heterocycles. The van der Waals surface area contributed by atoms with Crippen LogP contribution >= 0.6 is 0 Å². The predicted octanol–water partition coefficient (Wildman–Crippen LogP) is 2.63. The molecule has 0 aliphatic carbocycles. The van der Waals surface area contributed by atoms with E-state index in [-0.39, 0.29) is 18.5 Å². The summed E-state index contributed by atoms with van der Waals surface area (Å²) in [5.74, 6) is 2.92. The standard InChI is InChI=1S/C13H13BF3N3O/c15-13(16,17)9-5-11-12(19-7-9)20-3-2-14(8-18)6-10(20)1-4-21-11/h5,7,10H,1-4,6H2. The Kier molecular flexibility index (Phi) is 3.43. The Hall–Kier alpha value is -1.91. The molecule has 2 aliphatic rings. The molecule has 0 spiro atoms. The lowest BCUT2D eigenvalue weighted by Gasteiger charge is -2.36. The number of anilines is 1. The van der Waals surface area contributed by atoms with E-state index in [4.69, 9.17) is 10.00 Å². The van der Waals surface area contributed by atoms with Gasteiger partial charge < -0.3 is 9.64 Å². The Bertz CT molecular complexity index is 587. The van der Waals surface area contributed by atoms with Crippen LogP contribution in [0.25, 0.3) is 0 Å². The van der Waals surface area contributed by atoms with Gasteiger partial charge in [0.25, 0.3) is 6.71 Å². The number of aromatic nitrogens is 1. The summed E-state index contributed by atoms with van der Waals surface area (Å²) in [5.41, 5.74) is -0.799. The second kappa shape index (κ2) is 5.13. The first-order valence-corrected chi connectivity index (χ1v) is 6.85. The molecule has 1 fully saturated rings. The van der Waals surface area contributed by atoms with E-state index in [0.717, 1.165) is 12.3 Å². The molecule has 8 heteroatoms. The quantitative estimate of drug-likeness (QED) is 0.690. The fourth-order valence-corrected chi connectivity index (χ4v) is 2.94. The van der Waals surface area contributed by atoms with Crippen LogP contribution in [0, 0.1) is 11.2 Å². The highest BCUT2D eigenvalue weighted by atomic mass is 19.4.